The Balaban J connectivity index is 2.02. The second-order valence-corrected chi connectivity index (χ2v) is 6.00. The number of hydrogen-bond donors (Lipinski definition) is 1. The monoisotopic (exact) mass is 303 g/mol. The number of nitrogens with zero attached hydrogens (tertiary/aromatic N) is 1. The van der Waals surface area contributed by atoms with Crippen LogP contribution in [-0.4, -0.2) is 28.4 Å². The molecule has 1 aromatic rings. The molecule has 1 fully saturated rings. The zero-order chi connectivity index (χ0) is 15.5. The van der Waals surface area contributed by atoms with E-state index in [-0.39, 0.29) is 11.7 Å². The minimum absolute atomic E-state index is 0.0995. The first kappa shape index (κ1) is 15.0. The lowest BCUT2D eigenvalue weighted by atomic mass is 9.94. The minimum Gasteiger partial charge on any atom is -0.478 e. The van der Waals surface area contributed by atoms with Crippen LogP contribution in [0.3, 0.4) is 0 Å². The molecule has 0 aromatic carbocycles. The van der Waals surface area contributed by atoms with Crippen molar-refractivity contribution in [1.82, 2.24) is 4.57 Å². The molecule has 5 heteroatoms. The summed E-state index contributed by atoms with van der Waals surface area (Å²) in [5.74, 6) is -1.04. The standard InChI is InChI=1S/C17H21NO4/c19-16(20)8-7-13-10-12-4-1-2-6-15(12)18(17(13)21)11-14-5-3-9-22-14/h7-8,10,14H,1-6,9,11H2,(H,19,20)/b8-7+. The van der Waals surface area contributed by atoms with Crippen molar-refractivity contribution in [1.29, 1.82) is 0 Å². The van der Waals surface area contributed by atoms with Crippen molar-refractivity contribution in [3.8, 4) is 0 Å². The van der Waals surface area contributed by atoms with E-state index in [2.05, 4.69) is 0 Å². The first-order chi connectivity index (χ1) is 10.6. The summed E-state index contributed by atoms with van der Waals surface area (Å²) in [4.78, 5) is 23.4. The third kappa shape index (κ3) is 3.14. The van der Waals surface area contributed by atoms with E-state index >= 15 is 0 Å². The van der Waals surface area contributed by atoms with Crippen molar-refractivity contribution in [2.45, 2.75) is 51.2 Å². The van der Waals surface area contributed by atoms with Gasteiger partial charge in [-0.2, -0.15) is 0 Å². The number of aryl methyl sites for hydroxylation is 1. The molecule has 2 aliphatic rings. The SMILES string of the molecule is O=C(O)/C=C/c1cc2c(n(CC3CCCO3)c1=O)CCCC2. The van der Waals surface area contributed by atoms with Gasteiger partial charge in [0.25, 0.3) is 5.56 Å². The van der Waals surface area contributed by atoms with Crippen LogP contribution < -0.4 is 5.56 Å². The topological polar surface area (TPSA) is 68.5 Å². The summed E-state index contributed by atoms with van der Waals surface area (Å²) in [6.45, 7) is 1.34. The lowest BCUT2D eigenvalue weighted by Gasteiger charge is -2.23. The molecule has 1 aliphatic heterocycles. The molecule has 1 saturated heterocycles. The number of ether oxygens (including phenoxy) is 1. The average molecular weight is 303 g/mol. The predicted molar refractivity (Wildman–Crippen MR) is 83.0 cm³/mol. The second kappa shape index (κ2) is 6.48. The summed E-state index contributed by atoms with van der Waals surface area (Å²) in [7, 11) is 0. The van der Waals surface area contributed by atoms with Crippen molar-refractivity contribution in [3.63, 3.8) is 0 Å². The Morgan fingerprint density at radius 1 is 1.36 bits per heavy atom. The van der Waals surface area contributed by atoms with E-state index in [1.54, 1.807) is 0 Å². The molecule has 1 atom stereocenters. The highest BCUT2D eigenvalue weighted by Gasteiger charge is 2.22. The lowest BCUT2D eigenvalue weighted by molar-refractivity contribution is -0.131. The van der Waals surface area contributed by atoms with E-state index in [0.29, 0.717) is 12.1 Å². The Labute approximate surface area is 129 Å². The van der Waals surface area contributed by atoms with Crippen LogP contribution in [0.2, 0.25) is 0 Å². The van der Waals surface area contributed by atoms with Crippen molar-refractivity contribution in [2.24, 2.45) is 0 Å². The van der Waals surface area contributed by atoms with Crippen LogP contribution in [0.15, 0.2) is 16.9 Å². The molecule has 0 radical (unpaired) electrons. The summed E-state index contributed by atoms with van der Waals surface area (Å²) in [5, 5.41) is 8.79. The molecule has 1 aliphatic carbocycles. The summed E-state index contributed by atoms with van der Waals surface area (Å²) in [5.41, 5.74) is 2.64. The lowest BCUT2D eigenvalue weighted by Crippen LogP contribution is -2.32. The van der Waals surface area contributed by atoms with Crippen LogP contribution >= 0.6 is 0 Å². The van der Waals surface area contributed by atoms with Crippen LogP contribution in [0.1, 0.15) is 42.5 Å². The Hall–Kier alpha value is -1.88. The highest BCUT2D eigenvalue weighted by molar-refractivity contribution is 5.85. The van der Waals surface area contributed by atoms with E-state index in [0.717, 1.165) is 56.9 Å². The molecule has 0 bridgehead atoms. The molecule has 1 unspecified atom stereocenters. The fraction of sp³-hybridized carbons (Fsp3) is 0.529. The molecular formula is C17H21NO4. The molecule has 2 heterocycles. The van der Waals surface area contributed by atoms with Crippen molar-refractivity contribution >= 4 is 12.0 Å². The highest BCUT2D eigenvalue weighted by Crippen LogP contribution is 2.23. The van der Waals surface area contributed by atoms with Gasteiger partial charge < -0.3 is 14.4 Å². The molecule has 22 heavy (non-hydrogen) atoms. The number of aliphatic carboxylic acids is 1. The van der Waals surface area contributed by atoms with E-state index in [1.165, 1.54) is 11.6 Å². The largest absolute Gasteiger partial charge is 0.478 e. The molecule has 1 N–H and O–H groups in total. The predicted octanol–water partition coefficient (Wildman–Crippen LogP) is 2.00. The average Bonchev–Trinajstić information content (AvgIpc) is 3.01. The maximum Gasteiger partial charge on any atom is 0.328 e. The molecule has 0 spiro atoms. The van der Waals surface area contributed by atoms with Gasteiger partial charge in [0.15, 0.2) is 0 Å². The Morgan fingerprint density at radius 2 is 2.18 bits per heavy atom. The fourth-order valence-electron chi connectivity index (χ4n) is 3.37. The number of carboxylic acids is 1. The van der Waals surface area contributed by atoms with Crippen LogP contribution in [0.25, 0.3) is 6.08 Å². The Bertz CT molecular complexity index is 653. The summed E-state index contributed by atoms with van der Waals surface area (Å²) in [6.07, 6.45) is 8.65. The molecule has 5 nitrogen and oxygen atoms in total. The van der Waals surface area contributed by atoms with Gasteiger partial charge in [-0.3, -0.25) is 4.79 Å². The quantitative estimate of drug-likeness (QED) is 0.864. The molecule has 0 amide bonds. The van der Waals surface area contributed by atoms with E-state index < -0.39 is 5.97 Å². The van der Waals surface area contributed by atoms with Gasteiger partial charge in [0, 0.05) is 23.9 Å². The third-order valence-electron chi connectivity index (χ3n) is 4.44. The fourth-order valence-corrected chi connectivity index (χ4v) is 3.37. The maximum atomic E-state index is 12.7. The normalized spacial score (nSPS) is 21.2. The third-order valence-corrected chi connectivity index (χ3v) is 4.44. The van der Waals surface area contributed by atoms with Crippen LogP contribution in [0.5, 0.6) is 0 Å². The van der Waals surface area contributed by atoms with Crippen molar-refractivity contribution < 1.29 is 14.6 Å². The molecule has 0 saturated carbocycles. The number of carboxylic acid groups (broad SMARTS) is 1. The Morgan fingerprint density at radius 3 is 2.91 bits per heavy atom. The maximum absolute atomic E-state index is 12.7. The van der Waals surface area contributed by atoms with Crippen molar-refractivity contribution in [2.75, 3.05) is 6.61 Å². The number of pyridine rings is 1. The number of fused-ring (bicyclic) bond motifs is 1. The number of hydrogen-bond acceptors (Lipinski definition) is 3. The van der Waals surface area contributed by atoms with E-state index in [4.69, 9.17) is 9.84 Å². The van der Waals surface area contributed by atoms with Gasteiger partial charge in [-0.1, -0.05) is 0 Å². The highest BCUT2D eigenvalue weighted by atomic mass is 16.5. The number of aromatic nitrogens is 1. The van der Waals surface area contributed by atoms with Crippen LogP contribution in [-0.2, 0) is 28.9 Å². The van der Waals surface area contributed by atoms with Gasteiger partial charge in [0.2, 0.25) is 0 Å². The Kier molecular flexibility index (Phi) is 4.43. The molecule has 3 rings (SSSR count). The van der Waals surface area contributed by atoms with Gasteiger partial charge in [-0.05, 0) is 56.2 Å². The first-order valence-corrected chi connectivity index (χ1v) is 7.93. The van der Waals surface area contributed by atoms with Gasteiger partial charge in [-0.25, -0.2) is 4.79 Å². The summed E-state index contributed by atoms with van der Waals surface area (Å²) in [6, 6.07) is 1.86. The van der Waals surface area contributed by atoms with Crippen LogP contribution in [0, 0.1) is 0 Å². The summed E-state index contributed by atoms with van der Waals surface area (Å²) < 4.78 is 7.49. The van der Waals surface area contributed by atoms with Crippen LogP contribution in [0.4, 0.5) is 0 Å². The smallest absolute Gasteiger partial charge is 0.328 e. The molecular weight excluding hydrogens is 282 g/mol. The molecule has 118 valence electrons. The number of carbonyl (C=O) groups is 1. The first-order valence-electron chi connectivity index (χ1n) is 7.93. The zero-order valence-electron chi connectivity index (χ0n) is 12.6. The molecule has 1 aromatic heterocycles. The van der Waals surface area contributed by atoms with Gasteiger partial charge in [-0.15, -0.1) is 0 Å². The second-order valence-electron chi connectivity index (χ2n) is 6.00. The van der Waals surface area contributed by atoms with Crippen molar-refractivity contribution in [3.05, 3.63) is 39.3 Å². The zero-order valence-corrected chi connectivity index (χ0v) is 12.6. The van der Waals surface area contributed by atoms with E-state index in [9.17, 15) is 9.59 Å². The minimum atomic E-state index is -1.04. The number of rotatable bonds is 4. The van der Waals surface area contributed by atoms with Gasteiger partial charge >= 0.3 is 5.97 Å². The van der Waals surface area contributed by atoms with Gasteiger partial charge in [0.05, 0.1) is 12.6 Å². The van der Waals surface area contributed by atoms with E-state index in [1.807, 2.05) is 10.6 Å². The van der Waals surface area contributed by atoms with Gasteiger partial charge in [0.1, 0.15) is 0 Å². The summed E-state index contributed by atoms with van der Waals surface area (Å²) >= 11 is 0.